The summed E-state index contributed by atoms with van der Waals surface area (Å²) in [4.78, 5) is 17.5. The molecule has 0 amide bonds. The van der Waals surface area contributed by atoms with E-state index >= 15 is 0 Å². The Morgan fingerprint density at radius 1 is 0.935 bits per heavy atom. The molecule has 3 heterocycles. The third-order valence-electron chi connectivity index (χ3n) is 3.84. The number of anilines is 2. The van der Waals surface area contributed by atoms with Gasteiger partial charge in [0.25, 0.3) is 0 Å². The molecule has 0 spiro atoms. The third-order valence-corrected chi connectivity index (χ3v) is 4.69. The molecule has 4 rings (SSSR count). The van der Waals surface area contributed by atoms with Crippen LogP contribution in [-0.4, -0.2) is 19.9 Å². The van der Waals surface area contributed by atoms with Crippen LogP contribution in [0.2, 0.25) is 0 Å². The summed E-state index contributed by atoms with van der Waals surface area (Å²) in [6, 6.07) is 11.8. The van der Waals surface area contributed by atoms with Gasteiger partial charge in [-0.05, 0) is 42.1 Å². The number of benzene rings is 1. The van der Waals surface area contributed by atoms with Gasteiger partial charge in [0.2, 0.25) is 0 Å². The molecule has 0 bridgehead atoms. The lowest BCUT2D eigenvalue weighted by molar-refractivity contribution is 0.460. The topological polar surface area (TPSA) is 96.6 Å². The first kappa shape index (κ1) is 20.2. The third kappa shape index (κ3) is 5.09. The van der Waals surface area contributed by atoms with E-state index in [0.29, 0.717) is 27.3 Å². The lowest BCUT2D eigenvalue weighted by Crippen LogP contribution is -2.00. The second kappa shape index (κ2) is 9.15. The van der Waals surface area contributed by atoms with E-state index in [4.69, 9.17) is 10.00 Å². The van der Waals surface area contributed by atoms with E-state index in [0.717, 1.165) is 12.1 Å². The van der Waals surface area contributed by atoms with Crippen LogP contribution in [0.3, 0.4) is 0 Å². The standard InChI is InChI=1S/C21H12F2N6OS/c22-16-4-3-14(8-17(16)23)30-18-9-15(31-21-25-6-1-7-26-21)12-28-20(18)29-19-5-2-13(10-24)11-27-19/h1-9,11-12H,(H,27,28,29). The number of nitrogens with zero attached hydrogens (tertiary/aromatic N) is 5. The molecule has 0 atom stereocenters. The molecule has 0 fully saturated rings. The van der Waals surface area contributed by atoms with E-state index in [1.54, 1.807) is 42.9 Å². The molecular weight excluding hydrogens is 422 g/mol. The van der Waals surface area contributed by atoms with Gasteiger partial charge < -0.3 is 10.1 Å². The van der Waals surface area contributed by atoms with Gasteiger partial charge in [0.15, 0.2) is 28.4 Å². The van der Waals surface area contributed by atoms with Crippen molar-refractivity contribution in [3.63, 3.8) is 0 Å². The van der Waals surface area contributed by atoms with E-state index in [1.807, 2.05) is 6.07 Å². The van der Waals surface area contributed by atoms with Crippen molar-refractivity contribution < 1.29 is 13.5 Å². The average molecular weight is 434 g/mol. The number of rotatable bonds is 6. The van der Waals surface area contributed by atoms with Gasteiger partial charge >= 0.3 is 0 Å². The highest BCUT2D eigenvalue weighted by atomic mass is 32.2. The first-order chi connectivity index (χ1) is 15.1. The summed E-state index contributed by atoms with van der Waals surface area (Å²) in [5.41, 5.74) is 0.409. The second-order valence-corrected chi connectivity index (χ2v) is 7.04. The maximum atomic E-state index is 13.6. The highest BCUT2D eigenvalue weighted by molar-refractivity contribution is 7.99. The van der Waals surface area contributed by atoms with Gasteiger partial charge in [-0.3, -0.25) is 0 Å². The summed E-state index contributed by atoms with van der Waals surface area (Å²) in [6.07, 6.45) is 6.24. The quantitative estimate of drug-likeness (QED) is 0.419. The van der Waals surface area contributed by atoms with Crippen LogP contribution >= 0.6 is 11.8 Å². The summed E-state index contributed by atoms with van der Waals surface area (Å²) in [7, 11) is 0. The van der Waals surface area contributed by atoms with Crippen molar-refractivity contribution in [1.29, 1.82) is 5.26 Å². The molecule has 10 heteroatoms. The lowest BCUT2D eigenvalue weighted by atomic mass is 10.3. The zero-order chi connectivity index (χ0) is 21.6. The van der Waals surface area contributed by atoms with Gasteiger partial charge in [-0.2, -0.15) is 5.26 Å². The van der Waals surface area contributed by atoms with E-state index in [2.05, 4.69) is 25.3 Å². The molecule has 0 unspecified atom stereocenters. The van der Waals surface area contributed by atoms with Crippen molar-refractivity contribution in [3.05, 3.63) is 84.4 Å². The molecule has 152 valence electrons. The average Bonchev–Trinajstić information content (AvgIpc) is 2.79. The van der Waals surface area contributed by atoms with Crippen molar-refractivity contribution in [2.24, 2.45) is 0 Å². The number of aromatic nitrogens is 4. The van der Waals surface area contributed by atoms with Crippen LogP contribution in [0.25, 0.3) is 0 Å². The van der Waals surface area contributed by atoms with Crippen LogP contribution in [0.1, 0.15) is 5.56 Å². The molecule has 0 aliphatic heterocycles. The highest BCUT2D eigenvalue weighted by Gasteiger charge is 2.13. The van der Waals surface area contributed by atoms with E-state index in [-0.39, 0.29) is 11.5 Å². The van der Waals surface area contributed by atoms with Gasteiger partial charge in [-0.15, -0.1) is 0 Å². The molecular formula is C21H12F2N6OS. The number of hydrogen-bond acceptors (Lipinski definition) is 8. The summed E-state index contributed by atoms with van der Waals surface area (Å²) in [5.74, 6) is -0.950. The summed E-state index contributed by atoms with van der Waals surface area (Å²) < 4.78 is 32.7. The number of hydrogen-bond donors (Lipinski definition) is 1. The van der Waals surface area contributed by atoms with Gasteiger partial charge in [0.05, 0.1) is 5.56 Å². The van der Waals surface area contributed by atoms with Crippen molar-refractivity contribution in [3.8, 4) is 17.6 Å². The fourth-order valence-corrected chi connectivity index (χ4v) is 3.13. The Morgan fingerprint density at radius 2 is 1.77 bits per heavy atom. The molecule has 0 aliphatic rings. The first-order valence-electron chi connectivity index (χ1n) is 8.82. The maximum absolute atomic E-state index is 13.6. The minimum absolute atomic E-state index is 0.0923. The molecule has 7 nitrogen and oxygen atoms in total. The minimum atomic E-state index is -1.03. The maximum Gasteiger partial charge on any atom is 0.192 e. The molecule has 1 N–H and O–H groups in total. The Morgan fingerprint density at radius 3 is 2.48 bits per heavy atom. The largest absolute Gasteiger partial charge is 0.453 e. The Balaban J connectivity index is 1.66. The molecule has 31 heavy (non-hydrogen) atoms. The van der Waals surface area contributed by atoms with Gasteiger partial charge in [0, 0.05) is 41.8 Å². The Hall–Kier alpha value is -4.10. The monoisotopic (exact) mass is 434 g/mol. The van der Waals surface area contributed by atoms with Crippen molar-refractivity contribution >= 4 is 23.4 Å². The van der Waals surface area contributed by atoms with Crippen LogP contribution in [0.4, 0.5) is 20.4 Å². The van der Waals surface area contributed by atoms with Gasteiger partial charge in [-0.25, -0.2) is 28.7 Å². The molecule has 3 aromatic heterocycles. The normalized spacial score (nSPS) is 10.4. The number of halogens is 2. The first-order valence-corrected chi connectivity index (χ1v) is 9.63. The number of nitrogens with one attached hydrogen (secondary N) is 1. The zero-order valence-electron chi connectivity index (χ0n) is 15.7. The number of ether oxygens (including phenoxy) is 1. The highest BCUT2D eigenvalue weighted by Crippen LogP contribution is 2.35. The smallest absolute Gasteiger partial charge is 0.192 e. The molecule has 0 saturated carbocycles. The lowest BCUT2D eigenvalue weighted by Gasteiger charge is -2.13. The van der Waals surface area contributed by atoms with Crippen LogP contribution in [0.5, 0.6) is 11.5 Å². The summed E-state index contributed by atoms with van der Waals surface area (Å²) >= 11 is 1.26. The SMILES string of the molecule is N#Cc1ccc(Nc2ncc(Sc3ncccn3)cc2Oc2ccc(F)c(F)c2)nc1. The van der Waals surface area contributed by atoms with Gasteiger partial charge in [0.1, 0.15) is 17.6 Å². The summed E-state index contributed by atoms with van der Waals surface area (Å²) in [5, 5.41) is 12.4. The van der Waals surface area contributed by atoms with Gasteiger partial charge in [-0.1, -0.05) is 0 Å². The summed E-state index contributed by atoms with van der Waals surface area (Å²) in [6.45, 7) is 0. The number of nitriles is 1. The molecule has 0 saturated heterocycles. The van der Waals surface area contributed by atoms with E-state index in [9.17, 15) is 8.78 Å². The van der Waals surface area contributed by atoms with Crippen molar-refractivity contribution in [2.75, 3.05) is 5.32 Å². The molecule has 0 radical (unpaired) electrons. The predicted octanol–water partition coefficient (Wildman–Crippen LogP) is 5.10. The van der Waals surface area contributed by atoms with Crippen LogP contribution in [-0.2, 0) is 0 Å². The zero-order valence-corrected chi connectivity index (χ0v) is 16.5. The Kier molecular flexibility index (Phi) is 5.96. The fourth-order valence-electron chi connectivity index (χ4n) is 2.42. The molecule has 1 aromatic carbocycles. The van der Waals surface area contributed by atoms with E-state index in [1.165, 1.54) is 24.0 Å². The Bertz CT molecular complexity index is 1250. The second-order valence-electron chi connectivity index (χ2n) is 6.00. The number of pyridine rings is 2. The fraction of sp³-hybridized carbons (Fsp3) is 0. The minimum Gasteiger partial charge on any atom is -0.453 e. The Labute approximate surface area is 179 Å². The predicted molar refractivity (Wildman–Crippen MR) is 109 cm³/mol. The van der Waals surface area contributed by atoms with Crippen LogP contribution < -0.4 is 10.1 Å². The van der Waals surface area contributed by atoms with E-state index < -0.39 is 11.6 Å². The van der Waals surface area contributed by atoms with Crippen LogP contribution in [0, 0.1) is 23.0 Å². The molecule has 4 aromatic rings. The van der Waals surface area contributed by atoms with Crippen molar-refractivity contribution in [1.82, 2.24) is 19.9 Å². The van der Waals surface area contributed by atoms with Crippen LogP contribution in [0.15, 0.2) is 77.3 Å². The molecule has 0 aliphatic carbocycles. The van der Waals surface area contributed by atoms with Crippen molar-refractivity contribution in [2.45, 2.75) is 10.1 Å².